The van der Waals surface area contributed by atoms with Crippen LogP contribution in [0.2, 0.25) is 17.3 Å². The summed E-state index contributed by atoms with van der Waals surface area (Å²) in [5.74, 6) is 8.53. The SMILES string of the molecule is Cc1ccccc1-c1c[c]([Ge]([CH3])([CH3])[CH3])c(CC2CCCCC2)c[n+]1C. The summed E-state index contributed by atoms with van der Waals surface area (Å²) in [7, 11) is 2.23. The molecule has 1 aromatic carbocycles. The van der Waals surface area contributed by atoms with E-state index in [1.54, 1.807) is 9.96 Å². The van der Waals surface area contributed by atoms with Crippen LogP contribution < -0.4 is 8.96 Å². The van der Waals surface area contributed by atoms with Crippen molar-refractivity contribution in [2.45, 2.75) is 62.7 Å². The van der Waals surface area contributed by atoms with Crippen LogP contribution in [0.1, 0.15) is 43.2 Å². The maximum atomic E-state index is 2.54. The Morgan fingerprint density at radius 3 is 2.36 bits per heavy atom. The van der Waals surface area contributed by atoms with E-state index in [1.165, 1.54) is 55.3 Å². The van der Waals surface area contributed by atoms with Gasteiger partial charge in [0.15, 0.2) is 0 Å². The van der Waals surface area contributed by atoms with Crippen molar-refractivity contribution in [1.82, 2.24) is 0 Å². The van der Waals surface area contributed by atoms with E-state index < -0.39 is 13.3 Å². The zero-order chi connectivity index (χ0) is 18.0. The zero-order valence-corrected chi connectivity index (χ0v) is 18.8. The molecule has 25 heavy (non-hydrogen) atoms. The number of benzene rings is 1. The van der Waals surface area contributed by atoms with Crippen LogP contribution in [0, 0.1) is 12.8 Å². The molecule has 1 saturated carbocycles. The van der Waals surface area contributed by atoms with Crippen molar-refractivity contribution in [3.8, 4) is 11.3 Å². The van der Waals surface area contributed by atoms with Gasteiger partial charge in [-0.05, 0) is 0 Å². The van der Waals surface area contributed by atoms with E-state index in [-0.39, 0.29) is 0 Å². The molecule has 0 saturated heterocycles. The van der Waals surface area contributed by atoms with Crippen LogP contribution in [-0.4, -0.2) is 13.3 Å². The average molecular weight is 397 g/mol. The van der Waals surface area contributed by atoms with Crippen LogP contribution in [0.25, 0.3) is 11.3 Å². The number of pyridine rings is 1. The van der Waals surface area contributed by atoms with Crippen molar-refractivity contribution in [2.24, 2.45) is 13.0 Å². The first kappa shape index (κ1) is 18.7. The normalized spacial score (nSPS) is 16.2. The summed E-state index contributed by atoms with van der Waals surface area (Å²) in [6, 6.07) is 11.3. The summed E-state index contributed by atoms with van der Waals surface area (Å²) in [5.41, 5.74) is 5.76. The van der Waals surface area contributed by atoms with Crippen molar-refractivity contribution in [3.05, 3.63) is 47.7 Å². The molecule has 0 N–H and O–H groups in total. The quantitative estimate of drug-likeness (QED) is 0.496. The Hall–Kier alpha value is -1.09. The summed E-state index contributed by atoms with van der Waals surface area (Å²) >= 11 is -1.93. The maximum absolute atomic E-state index is 2.54. The standard InChI is InChI=1S/C23H34GeN/c1-18-11-9-10-14-21(18)23-16-22(24(2,3)4)20(17-25(23)5)15-19-12-7-6-8-13-19/h9-11,14,16-17,19H,6-8,12-13,15H2,1-5H3/q+1. The summed E-state index contributed by atoms with van der Waals surface area (Å²) < 4.78 is 4.08. The molecule has 1 fully saturated rings. The molecular weight excluding hydrogens is 363 g/mol. The molecule has 2 heteroatoms. The van der Waals surface area contributed by atoms with Gasteiger partial charge in [-0.2, -0.15) is 0 Å². The molecule has 1 heterocycles. The monoisotopic (exact) mass is 398 g/mol. The minimum absolute atomic E-state index is 0.904. The van der Waals surface area contributed by atoms with E-state index in [1.807, 2.05) is 0 Å². The van der Waals surface area contributed by atoms with Crippen LogP contribution in [0.15, 0.2) is 36.5 Å². The van der Waals surface area contributed by atoms with Gasteiger partial charge in [-0.1, -0.05) is 0 Å². The first-order chi connectivity index (χ1) is 11.9. The second-order valence-corrected chi connectivity index (χ2v) is 19.6. The van der Waals surface area contributed by atoms with Gasteiger partial charge >= 0.3 is 157 Å². The fourth-order valence-electron chi connectivity index (χ4n) is 4.40. The van der Waals surface area contributed by atoms with Gasteiger partial charge in [0.1, 0.15) is 0 Å². The van der Waals surface area contributed by atoms with Crippen LogP contribution in [0.4, 0.5) is 0 Å². The molecule has 0 aliphatic heterocycles. The van der Waals surface area contributed by atoms with Gasteiger partial charge in [0, 0.05) is 0 Å². The Balaban J connectivity index is 2.04. The molecule has 1 aliphatic rings. The van der Waals surface area contributed by atoms with Crippen molar-refractivity contribution in [1.29, 1.82) is 0 Å². The Labute approximate surface area is 156 Å². The Morgan fingerprint density at radius 2 is 1.72 bits per heavy atom. The van der Waals surface area contributed by atoms with Crippen molar-refractivity contribution in [3.63, 3.8) is 0 Å². The molecule has 0 radical (unpaired) electrons. The molecular formula is C23H34GeN+. The van der Waals surface area contributed by atoms with Crippen LogP contribution in [0.5, 0.6) is 0 Å². The molecule has 134 valence electrons. The summed E-state index contributed by atoms with van der Waals surface area (Å²) in [6.07, 6.45) is 10.9. The summed E-state index contributed by atoms with van der Waals surface area (Å²) in [5, 5.41) is 0. The predicted molar refractivity (Wildman–Crippen MR) is 111 cm³/mol. The van der Waals surface area contributed by atoms with Crippen molar-refractivity contribution in [2.75, 3.05) is 0 Å². The molecule has 1 nitrogen and oxygen atoms in total. The first-order valence-electron chi connectivity index (χ1n) is 9.95. The number of hydrogen-bond acceptors (Lipinski definition) is 0. The third-order valence-corrected chi connectivity index (χ3v) is 10.2. The van der Waals surface area contributed by atoms with Gasteiger partial charge in [-0.3, -0.25) is 0 Å². The third kappa shape index (κ3) is 4.37. The number of aryl methyl sites for hydroxylation is 2. The second-order valence-electron chi connectivity index (χ2n) is 8.98. The zero-order valence-electron chi connectivity index (χ0n) is 16.7. The number of hydrogen-bond donors (Lipinski definition) is 0. The molecule has 0 spiro atoms. The molecule has 1 aliphatic carbocycles. The van der Waals surface area contributed by atoms with E-state index in [9.17, 15) is 0 Å². The topological polar surface area (TPSA) is 3.88 Å². The molecule has 3 rings (SSSR count). The molecule has 0 unspecified atom stereocenters. The molecule has 2 aromatic rings. The van der Waals surface area contributed by atoms with Crippen LogP contribution in [-0.2, 0) is 13.5 Å². The van der Waals surface area contributed by atoms with Gasteiger partial charge in [0.05, 0.1) is 0 Å². The Morgan fingerprint density at radius 1 is 1.04 bits per heavy atom. The van der Waals surface area contributed by atoms with E-state index >= 15 is 0 Å². The first-order valence-corrected chi connectivity index (χ1v) is 17.3. The van der Waals surface area contributed by atoms with E-state index in [0.717, 1.165) is 5.92 Å². The second kappa shape index (κ2) is 7.65. The number of rotatable bonds is 4. The van der Waals surface area contributed by atoms with Gasteiger partial charge < -0.3 is 0 Å². The summed E-state index contributed by atoms with van der Waals surface area (Å²) in [4.78, 5) is 0. The van der Waals surface area contributed by atoms with E-state index in [2.05, 4.69) is 72.3 Å². The molecule has 0 atom stereocenters. The van der Waals surface area contributed by atoms with Gasteiger partial charge in [0.2, 0.25) is 0 Å². The van der Waals surface area contributed by atoms with E-state index in [0.29, 0.717) is 0 Å². The predicted octanol–water partition coefficient (Wildman–Crippen LogP) is 5.15. The van der Waals surface area contributed by atoms with Gasteiger partial charge in [-0.15, -0.1) is 0 Å². The average Bonchev–Trinajstić information content (AvgIpc) is 2.56. The number of nitrogens with zero attached hydrogens (tertiary/aromatic N) is 1. The van der Waals surface area contributed by atoms with Crippen LogP contribution >= 0.6 is 0 Å². The third-order valence-electron chi connectivity index (χ3n) is 5.82. The Kier molecular flexibility index (Phi) is 5.72. The minimum atomic E-state index is -1.93. The molecule has 1 aromatic heterocycles. The van der Waals surface area contributed by atoms with Gasteiger partial charge in [-0.25, -0.2) is 0 Å². The Bertz CT molecular complexity index is 736. The van der Waals surface area contributed by atoms with Crippen molar-refractivity contribution < 1.29 is 4.57 Å². The fraction of sp³-hybridized carbons (Fsp3) is 0.522. The fourth-order valence-corrected chi connectivity index (χ4v) is 7.96. The van der Waals surface area contributed by atoms with Crippen LogP contribution in [0.3, 0.4) is 0 Å². The van der Waals surface area contributed by atoms with Gasteiger partial charge in [0.25, 0.3) is 0 Å². The summed E-state index contributed by atoms with van der Waals surface area (Å²) in [6.45, 7) is 2.23. The number of aromatic nitrogens is 1. The molecule has 0 amide bonds. The van der Waals surface area contributed by atoms with E-state index in [4.69, 9.17) is 0 Å². The molecule has 0 bridgehead atoms. The van der Waals surface area contributed by atoms with Crippen molar-refractivity contribution >= 4 is 17.7 Å².